The molecule has 10 rings (SSSR count). The van der Waals surface area contributed by atoms with E-state index in [1.54, 1.807) is 0 Å². The maximum Gasteiger partial charge on any atom is 0.0517 e. The van der Waals surface area contributed by atoms with Crippen LogP contribution in [0.3, 0.4) is 0 Å². The van der Waals surface area contributed by atoms with Crippen LogP contribution in [0.1, 0.15) is 45.1 Å². The monoisotopic (exact) mass is 655 g/mol. The van der Waals surface area contributed by atoms with Crippen molar-refractivity contribution in [1.29, 1.82) is 0 Å². The number of para-hydroxylation sites is 1. The first-order valence-corrected chi connectivity index (χ1v) is 18.6. The minimum Gasteiger partial charge on any atom is -0.334 e. The molecule has 0 saturated heterocycles. The number of hydrogen-bond acceptors (Lipinski definition) is 1. The first-order valence-electron chi connectivity index (χ1n) is 18.6. The first kappa shape index (κ1) is 30.2. The van der Waals surface area contributed by atoms with Crippen LogP contribution in [0.15, 0.2) is 164 Å². The average Bonchev–Trinajstić information content (AvgIpc) is 3.39. The predicted octanol–water partition coefficient (Wildman–Crippen LogP) is 13.9. The van der Waals surface area contributed by atoms with E-state index in [1.165, 1.54) is 108 Å². The van der Waals surface area contributed by atoms with Gasteiger partial charge < -0.3 is 4.90 Å². The van der Waals surface area contributed by atoms with Crippen LogP contribution in [0.2, 0.25) is 0 Å². The molecule has 0 aromatic heterocycles. The maximum atomic E-state index is 2.67. The van der Waals surface area contributed by atoms with Crippen molar-refractivity contribution in [2.45, 2.75) is 50.5 Å². The SMILES string of the molecule is CC12CCCCC1(C)N(c1ccccc1)c1ccc(-c3cccc4c(-c5c6ccccc6c(-c6ccccc6)c6ccccc56)cccc34)cc12. The molecule has 1 heteroatoms. The highest BCUT2D eigenvalue weighted by atomic mass is 15.3. The summed E-state index contributed by atoms with van der Waals surface area (Å²) in [5, 5.41) is 7.74. The van der Waals surface area contributed by atoms with Gasteiger partial charge in [0.15, 0.2) is 0 Å². The Morgan fingerprint density at radius 2 is 0.961 bits per heavy atom. The first-order chi connectivity index (χ1) is 25.1. The number of anilines is 2. The molecular weight excluding hydrogens is 615 g/mol. The van der Waals surface area contributed by atoms with E-state index in [1.807, 2.05) is 0 Å². The summed E-state index contributed by atoms with van der Waals surface area (Å²) < 4.78 is 0. The lowest BCUT2D eigenvalue weighted by atomic mass is 9.61. The van der Waals surface area contributed by atoms with Gasteiger partial charge in [0.05, 0.1) is 5.54 Å². The number of rotatable bonds is 4. The molecule has 2 unspecified atom stereocenters. The van der Waals surface area contributed by atoms with Crippen molar-refractivity contribution in [3.8, 4) is 33.4 Å². The fraction of sp³-hybridized carbons (Fsp3) is 0.160. The summed E-state index contributed by atoms with van der Waals surface area (Å²) >= 11 is 0. The summed E-state index contributed by atoms with van der Waals surface area (Å²) in [5.74, 6) is 0. The van der Waals surface area contributed by atoms with Crippen molar-refractivity contribution in [1.82, 2.24) is 0 Å². The van der Waals surface area contributed by atoms with E-state index in [4.69, 9.17) is 0 Å². The molecule has 0 spiro atoms. The summed E-state index contributed by atoms with van der Waals surface area (Å²) in [7, 11) is 0. The van der Waals surface area contributed by atoms with Gasteiger partial charge in [-0.15, -0.1) is 0 Å². The van der Waals surface area contributed by atoms with Crippen LogP contribution in [0.4, 0.5) is 11.4 Å². The summed E-state index contributed by atoms with van der Waals surface area (Å²) in [6, 6.07) is 61.1. The summed E-state index contributed by atoms with van der Waals surface area (Å²) in [5.41, 5.74) is 12.0. The van der Waals surface area contributed by atoms with Crippen molar-refractivity contribution < 1.29 is 0 Å². The summed E-state index contributed by atoms with van der Waals surface area (Å²) in [4.78, 5) is 2.67. The van der Waals surface area contributed by atoms with Crippen LogP contribution in [-0.4, -0.2) is 5.54 Å². The van der Waals surface area contributed by atoms with Crippen LogP contribution in [0, 0.1) is 0 Å². The Balaban J connectivity index is 1.19. The standard InChI is InChI=1S/C50H41N/c1-49-31-13-14-32-50(49,2)51(36-19-7-4-8-20-36)46-30-29-35(33-45(46)49)37-25-15-27-39-38(37)26-16-28-40(39)48-43-23-11-9-21-41(43)47(34-17-5-3-6-18-34)42-22-10-12-24-44(42)48/h3-12,15-30,33H,13-14,31-32H2,1-2H3. The molecule has 1 aliphatic carbocycles. The Kier molecular flexibility index (Phi) is 6.77. The second-order valence-electron chi connectivity index (χ2n) is 15.1. The number of nitrogens with zero attached hydrogens (tertiary/aromatic N) is 1. The third kappa shape index (κ3) is 4.34. The van der Waals surface area contributed by atoms with Crippen molar-refractivity contribution in [2.24, 2.45) is 0 Å². The molecular formula is C50H41N. The molecule has 8 aromatic carbocycles. The van der Waals surface area contributed by atoms with Gasteiger partial charge in [-0.2, -0.15) is 0 Å². The molecule has 2 aliphatic rings. The Hall–Kier alpha value is -5.66. The molecule has 0 radical (unpaired) electrons. The molecule has 1 fully saturated rings. The van der Waals surface area contributed by atoms with Gasteiger partial charge in [-0.1, -0.05) is 159 Å². The van der Waals surface area contributed by atoms with Gasteiger partial charge in [0.25, 0.3) is 0 Å². The van der Waals surface area contributed by atoms with E-state index < -0.39 is 0 Å². The lowest BCUT2D eigenvalue weighted by Gasteiger charge is -2.50. The van der Waals surface area contributed by atoms with E-state index in [0.717, 1.165) is 0 Å². The zero-order valence-electron chi connectivity index (χ0n) is 29.4. The fourth-order valence-corrected chi connectivity index (χ4v) is 10.00. The zero-order chi connectivity index (χ0) is 34.2. The normalized spacial score (nSPS) is 19.8. The van der Waals surface area contributed by atoms with Gasteiger partial charge in [-0.05, 0) is 115 Å². The highest BCUT2D eigenvalue weighted by Gasteiger charge is 2.57. The van der Waals surface area contributed by atoms with Crippen molar-refractivity contribution in [2.75, 3.05) is 4.90 Å². The van der Waals surface area contributed by atoms with Gasteiger partial charge in [0.2, 0.25) is 0 Å². The molecule has 0 amide bonds. The second-order valence-corrected chi connectivity index (χ2v) is 15.1. The number of hydrogen-bond donors (Lipinski definition) is 0. The molecule has 0 bridgehead atoms. The Bertz CT molecular complexity index is 2560. The van der Waals surface area contributed by atoms with Crippen LogP contribution in [0.5, 0.6) is 0 Å². The molecule has 1 saturated carbocycles. The Morgan fingerprint density at radius 1 is 0.431 bits per heavy atom. The highest BCUT2D eigenvalue weighted by molar-refractivity contribution is 6.24. The largest absolute Gasteiger partial charge is 0.334 e. The zero-order valence-corrected chi connectivity index (χ0v) is 29.4. The van der Waals surface area contributed by atoms with E-state index in [9.17, 15) is 0 Å². The highest BCUT2D eigenvalue weighted by Crippen LogP contribution is 2.61. The molecule has 1 aliphatic heterocycles. The van der Waals surface area contributed by atoms with Gasteiger partial charge in [-0.25, -0.2) is 0 Å². The minimum absolute atomic E-state index is 0.0352. The van der Waals surface area contributed by atoms with Gasteiger partial charge in [0, 0.05) is 16.8 Å². The quantitative estimate of drug-likeness (QED) is 0.171. The van der Waals surface area contributed by atoms with E-state index in [-0.39, 0.29) is 11.0 Å². The molecule has 8 aromatic rings. The minimum atomic E-state index is 0.0352. The van der Waals surface area contributed by atoms with Crippen LogP contribution < -0.4 is 4.90 Å². The summed E-state index contributed by atoms with van der Waals surface area (Å²) in [6.45, 7) is 5.05. The van der Waals surface area contributed by atoms with Crippen molar-refractivity contribution >= 4 is 43.7 Å². The average molecular weight is 656 g/mol. The van der Waals surface area contributed by atoms with Crippen molar-refractivity contribution in [3.63, 3.8) is 0 Å². The second kappa shape index (κ2) is 11.4. The molecule has 1 heterocycles. The van der Waals surface area contributed by atoms with Crippen molar-refractivity contribution in [3.05, 3.63) is 169 Å². The molecule has 2 atom stereocenters. The number of fused-ring (bicyclic) bond motifs is 6. The van der Waals surface area contributed by atoms with Crippen LogP contribution in [0.25, 0.3) is 65.7 Å². The van der Waals surface area contributed by atoms with E-state index in [0.29, 0.717) is 0 Å². The fourth-order valence-electron chi connectivity index (χ4n) is 10.00. The molecule has 1 nitrogen and oxygen atoms in total. The summed E-state index contributed by atoms with van der Waals surface area (Å²) in [6.07, 6.45) is 4.96. The Labute approximate surface area is 300 Å². The maximum absolute atomic E-state index is 2.67. The van der Waals surface area contributed by atoms with E-state index in [2.05, 4.69) is 183 Å². The molecule has 246 valence electrons. The third-order valence-electron chi connectivity index (χ3n) is 12.6. The van der Waals surface area contributed by atoms with Crippen LogP contribution >= 0.6 is 0 Å². The lowest BCUT2D eigenvalue weighted by molar-refractivity contribution is 0.195. The van der Waals surface area contributed by atoms with Gasteiger partial charge >= 0.3 is 0 Å². The van der Waals surface area contributed by atoms with Gasteiger partial charge in [-0.3, -0.25) is 0 Å². The van der Waals surface area contributed by atoms with Crippen LogP contribution in [-0.2, 0) is 5.41 Å². The third-order valence-corrected chi connectivity index (χ3v) is 12.6. The smallest absolute Gasteiger partial charge is 0.0517 e. The lowest BCUT2D eigenvalue weighted by Crippen LogP contribution is -2.54. The topological polar surface area (TPSA) is 3.24 Å². The predicted molar refractivity (Wildman–Crippen MR) is 218 cm³/mol. The van der Waals surface area contributed by atoms with E-state index >= 15 is 0 Å². The molecule has 0 N–H and O–H groups in total. The van der Waals surface area contributed by atoms with Gasteiger partial charge in [0.1, 0.15) is 0 Å². The Morgan fingerprint density at radius 3 is 1.63 bits per heavy atom. The number of benzene rings is 8. The molecule has 51 heavy (non-hydrogen) atoms.